The van der Waals surface area contributed by atoms with Crippen molar-refractivity contribution in [2.75, 3.05) is 0 Å². The Balaban J connectivity index is 3.05. The lowest BCUT2D eigenvalue weighted by Gasteiger charge is -2.03. The molecule has 0 fully saturated rings. The molecule has 0 aliphatic rings. The van der Waals surface area contributed by atoms with E-state index >= 15 is 0 Å². The predicted molar refractivity (Wildman–Crippen MR) is 54.9 cm³/mol. The molecule has 0 radical (unpaired) electrons. The van der Waals surface area contributed by atoms with Crippen LogP contribution >= 0.6 is 23.2 Å². The van der Waals surface area contributed by atoms with Gasteiger partial charge in [0, 0.05) is 6.42 Å². The fraction of sp³-hybridized carbons (Fsp3) is 0.222. The summed E-state index contributed by atoms with van der Waals surface area (Å²) >= 11 is 11.3. The molecule has 1 aromatic heterocycles. The number of hydrogen-bond donors (Lipinski definition) is 1. The number of aryl methyl sites for hydroxylation is 1. The molecule has 0 atom stereocenters. The molecule has 0 spiro atoms. The lowest BCUT2D eigenvalue weighted by Crippen LogP contribution is -2.00. The predicted octanol–water partition coefficient (Wildman–Crippen LogP) is 2.28. The third-order valence-corrected chi connectivity index (χ3v) is 2.21. The highest BCUT2D eigenvalue weighted by Crippen LogP contribution is 2.22. The molecule has 0 bridgehead atoms. The second kappa shape index (κ2) is 4.96. The van der Waals surface area contributed by atoms with Crippen molar-refractivity contribution in [1.29, 1.82) is 5.26 Å². The Hall–Kier alpha value is -1.31. The van der Waals surface area contributed by atoms with Gasteiger partial charge in [-0.1, -0.05) is 23.2 Å². The van der Waals surface area contributed by atoms with E-state index in [1.807, 2.05) is 6.07 Å². The summed E-state index contributed by atoms with van der Waals surface area (Å²) in [4.78, 5) is 14.1. The zero-order valence-corrected chi connectivity index (χ0v) is 9.01. The molecule has 4 nitrogen and oxygen atoms in total. The van der Waals surface area contributed by atoms with Gasteiger partial charge in [-0.05, 0) is 18.1 Å². The van der Waals surface area contributed by atoms with Gasteiger partial charge in [0.05, 0.1) is 5.56 Å². The normalized spacial score (nSPS) is 9.67. The van der Waals surface area contributed by atoms with Crippen LogP contribution in [0.15, 0.2) is 6.07 Å². The minimum Gasteiger partial charge on any atom is -0.481 e. The van der Waals surface area contributed by atoms with E-state index in [9.17, 15) is 4.79 Å². The summed E-state index contributed by atoms with van der Waals surface area (Å²) in [6.07, 6.45) is 0.130. The SMILES string of the molecule is N#Cc1c(CCC(=O)O)cc(Cl)nc1Cl. The molecule has 1 heterocycles. The number of aliphatic carboxylic acids is 1. The van der Waals surface area contributed by atoms with Gasteiger partial charge < -0.3 is 5.11 Å². The molecule has 0 saturated carbocycles. The average Bonchev–Trinajstić information content (AvgIpc) is 2.13. The molecule has 1 rings (SSSR count). The smallest absolute Gasteiger partial charge is 0.303 e. The van der Waals surface area contributed by atoms with Crippen LogP contribution in [0.25, 0.3) is 0 Å². The van der Waals surface area contributed by atoms with Crippen LogP contribution in [0.2, 0.25) is 10.3 Å². The maximum Gasteiger partial charge on any atom is 0.303 e. The van der Waals surface area contributed by atoms with E-state index in [2.05, 4.69) is 4.98 Å². The van der Waals surface area contributed by atoms with Gasteiger partial charge >= 0.3 is 5.97 Å². The quantitative estimate of drug-likeness (QED) is 0.829. The topological polar surface area (TPSA) is 74.0 Å². The monoisotopic (exact) mass is 244 g/mol. The number of pyridine rings is 1. The summed E-state index contributed by atoms with van der Waals surface area (Å²) in [5.41, 5.74) is 0.687. The molecule has 0 aliphatic heterocycles. The molecule has 0 saturated heterocycles. The summed E-state index contributed by atoms with van der Waals surface area (Å²) in [6.45, 7) is 0. The molecule has 1 N–H and O–H groups in total. The highest BCUT2D eigenvalue weighted by Gasteiger charge is 2.11. The van der Waals surface area contributed by atoms with Gasteiger partial charge in [0.1, 0.15) is 16.4 Å². The number of carboxylic acids is 1. The van der Waals surface area contributed by atoms with E-state index in [1.165, 1.54) is 6.07 Å². The number of nitriles is 1. The van der Waals surface area contributed by atoms with Crippen molar-refractivity contribution >= 4 is 29.2 Å². The summed E-state index contributed by atoms with van der Waals surface area (Å²) in [7, 11) is 0. The molecule has 78 valence electrons. The first-order valence-corrected chi connectivity index (χ1v) is 4.77. The number of rotatable bonds is 3. The van der Waals surface area contributed by atoms with E-state index in [0.717, 1.165) is 0 Å². The molecule has 0 aromatic carbocycles. The average molecular weight is 245 g/mol. The van der Waals surface area contributed by atoms with Crippen molar-refractivity contribution in [2.24, 2.45) is 0 Å². The van der Waals surface area contributed by atoms with Crippen LogP contribution in [0, 0.1) is 11.3 Å². The first-order valence-electron chi connectivity index (χ1n) is 4.01. The van der Waals surface area contributed by atoms with Gasteiger partial charge in [-0.15, -0.1) is 0 Å². The minimum atomic E-state index is -0.942. The minimum absolute atomic E-state index is 0.00499. The second-order valence-electron chi connectivity index (χ2n) is 2.78. The van der Waals surface area contributed by atoms with Crippen molar-refractivity contribution < 1.29 is 9.90 Å². The Labute approximate surface area is 96.1 Å². The highest BCUT2D eigenvalue weighted by atomic mass is 35.5. The summed E-state index contributed by atoms with van der Waals surface area (Å²) in [6, 6.07) is 3.32. The van der Waals surface area contributed by atoms with Gasteiger partial charge in [0.2, 0.25) is 0 Å². The Morgan fingerprint density at radius 2 is 2.27 bits per heavy atom. The zero-order valence-electron chi connectivity index (χ0n) is 7.50. The number of halogens is 2. The van der Waals surface area contributed by atoms with E-state index in [1.54, 1.807) is 0 Å². The lowest BCUT2D eigenvalue weighted by molar-refractivity contribution is -0.136. The molecule has 6 heteroatoms. The van der Waals surface area contributed by atoms with Crippen molar-refractivity contribution in [1.82, 2.24) is 4.98 Å². The van der Waals surface area contributed by atoms with Crippen LogP contribution in [0.1, 0.15) is 17.5 Å². The van der Waals surface area contributed by atoms with E-state index in [0.29, 0.717) is 5.56 Å². The van der Waals surface area contributed by atoms with Crippen molar-refractivity contribution in [3.63, 3.8) is 0 Å². The van der Waals surface area contributed by atoms with Crippen LogP contribution in [0.4, 0.5) is 0 Å². The number of aromatic nitrogens is 1. The summed E-state index contributed by atoms with van der Waals surface area (Å²) in [5.74, 6) is -0.942. The first-order chi connectivity index (χ1) is 7.04. The van der Waals surface area contributed by atoms with E-state index in [-0.39, 0.29) is 28.7 Å². The lowest BCUT2D eigenvalue weighted by atomic mass is 10.1. The Morgan fingerprint density at radius 1 is 1.60 bits per heavy atom. The van der Waals surface area contributed by atoms with Crippen LogP contribution in [-0.4, -0.2) is 16.1 Å². The molecule has 0 unspecified atom stereocenters. The van der Waals surface area contributed by atoms with Crippen LogP contribution in [0.5, 0.6) is 0 Å². The summed E-state index contributed by atoms with van der Waals surface area (Å²) in [5, 5.41) is 17.5. The third kappa shape index (κ3) is 3.08. The number of carbonyl (C=O) groups is 1. The van der Waals surface area contributed by atoms with Crippen molar-refractivity contribution in [2.45, 2.75) is 12.8 Å². The van der Waals surface area contributed by atoms with Gasteiger partial charge in [0.15, 0.2) is 0 Å². The van der Waals surface area contributed by atoms with E-state index in [4.69, 9.17) is 33.6 Å². The fourth-order valence-corrected chi connectivity index (χ4v) is 1.60. The third-order valence-electron chi connectivity index (χ3n) is 1.75. The standard InChI is InChI=1S/C9H6Cl2N2O2/c10-7-3-5(1-2-8(14)15)6(4-12)9(11)13-7/h3H,1-2H2,(H,14,15). The second-order valence-corrected chi connectivity index (χ2v) is 3.52. The van der Waals surface area contributed by atoms with Crippen molar-refractivity contribution in [3.8, 4) is 6.07 Å². The summed E-state index contributed by atoms with van der Waals surface area (Å²) < 4.78 is 0. The van der Waals surface area contributed by atoms with Crippen molar-refractivity contribution in [3.05, 3.63) is 27.5 Å². The van der Waals surface area contributed by atoms with Gasteiger partial charge in [-0.3, -0.25) is 4.79 Å². The number of carboxylic acid groups (broad SMARTS) is 1. The van der Waals surface area contributed by atoms with Gasteiger partial charge in [-0.25, -0.2) is 4.98 Å². The number of nitrogens with zero attached hydrogens (tertiary/aromatic N) is 2. The maximum absolute atomic E-state index is 10.4. The van der Waals surface area contributed by atoms with E-state index < -0.39 is 5.97 Å². The number of hydrogen-bond acceptors (Lipinski definition) is 3. The highest BCUT2D eigenvalue weighted by molar-refractivity contribution is 6.33. The molecular weight excluding hydrogens is 239 g/mol. The first kappa shape index (κ1) is 11.8. The molecule has 15 heavy (non-hydrogen) atoms. The van der Waals surface area contributed by atoms with Gasteiger partial charge in [0.25, 0.3) is 0 Å². The molecule has 1 aromatic rings. The Morgan fingerprint density at radius 3 is 2.80 bits per heavy atom. The van der Waals surface area contributed by atoms with Crippen LogP contribution < -0.4 is 0 Å². The Bertz CT molecular complexity index is 440. The van der Waals surface area contributed by atoms with Crippen LogP contribution in [0.3, 0.4) is 0 Å². The Kier molecular flexibility index (Phi) is 3.89. The molecule has 0 aliphatic carbocycles. The van der Waals surface area contributed by atoms with Crippen LogP contribution in [-0.2, 0) is 11.2 Å². The maximum atomic E-state index is 10.4. The van der Waals surface area contributed by atoms with Gasteiger partial charge in [-0.2, -0.15) is 5.26 Å². The molecule has 0 amide bonds. The zero-order chi connectivity index (χ0) is 11.4. The largest absolute Gasteiger partial charge is 0.481 e. The molecular formula is C9H6Cl2N2O2. The fourth-order valence-electron chi connectivity index (χ4n) is 1.09.